The van der Waals surface area contributed by atoms with Gasteiger partial charge < -0.3 is 19.9 Å². The molecule has 2 aliphatic rings. The van der Waals surface area contributed by atoms with Crippen LogP contribution >= 0.6 is 0 Å². The Morgan fingerprint density at radius 2 is 1.64 bits per heavy atom. The number of H-pyrrole nitrogens is 1. The number of fused-ring (bicyclic) bond motifs is 3. The number of carbonyl (C=O) groups is 3. The summed E-state index contributed by atoms with van der Waals surface area (Å²) < 4.78 is 6.38. The van der Waals surface area contributed by atoms with Crippen LogP contribution in [0.1, 0.15) is 57.3 Å². The Labute approximate surface area is 261 Å². The van der Waals surface area contributed by atoms with E-state index in [2.05, 4.69) is 23.3 Å². The molecule has 0 radical (unpaired) electrons. The number of rotatable bonds is 8. The van der Waals surface area contributed by atoms with Crippen molar-refractivity contribution in [3.63, 3.8) is 0 Å². The number of unbranched alkanes of at least 4 members (excludes halogenated alkanes) is 1. The molecule has 1 aromatic heterocycles. The van der Waals surface area contributed by atoms with Crippen LogP contribution in [0.5, 0.6) is 5.75 Å². The molecule has 45 heavy (non-hydrogen) atoms. The maximum atomic E-state index is 14.0. The number of hydrogen-bond donors (Lipinski definition) is 2. The van der Waals surface area contributed by atoms with Crippen LogP contribution in [0.3, 0.4) is 0 Å². The lowest BCUT2D eigenvalue weighted by Crippen LogP contribution is -2.32. The second-order valence-electron chi connectivity index (χ2n) is 11.7. The number of hydrogen-bond acceptors (Lipinski definition) is 5. The number of benzene rings is 4. The van der Waals surface area contributed by atoms with E-state index in [9.17, 15) is 14.4 Å². The summed E-state index contributed by atoms with van der Waals surface area (Å²) in [7, 11) is 0. The molecule has 8 nitrogen and oxygen atoms in total. The van der Waals surface area contributed by atoms with Crippen molar-refractivity contribution in [3.8, 4) is 16.9 Å². The number of para-hydroxylation sites is 2. The third-order valence-corrected chi connectivity index (χ3v) is 8.63. The monoisotopic (exact) mass is 598 g/mol. The lowest BCUT2D eigenvalue weighted by molar-refractivity contribution is 0.0649. The van der Waals surface area contributed by atoms with Gasteiger partial charge in [0.1, 0.15) is 5.75 Å². The van der Waals surface area contributed by atoms with E-state index < -0.39 is 0 Å². The molecule has 1 atom stereocenters. The molecule has 2 N–H and O–H groups in total. The fourth-order valence-electron chi connectivity index (χ4n) is 6.21. The van der Waals surface area contributed by atoms with Crippen molar-refractivity contribution in [1.82, 2.24) is 9.88 Å². The lowest BCUT2D eigenvalue weighted by Gasteiger charge is -2.23. The van der Waals surface area contributed by atoms with Gasteiger partial charge in [-0.25, -0.2) is 0 Å². The summed E-state index contributed by atoms with van der Waals surface area (Å²) in [6, 6.07) is 29.0. The number of imide groups is 1. The first-order chi connectivity index (χ1) is 22.0. The molecule has 1 unspecified atom stereocenters. The van der Waals surface area contributed by atoms with Gasteiger partial charge in [0.2, 0.25) is 0 Å². The molecule has 5 aromatic rings. The molecule has 226 valence electrons. The van der Waals surface area contributed by atoms with Crippen LogP contribution in [0.4, 0.5) is 11.4 Å². The predicted octanol–water partition coefficient (Wildman–Crippen LogP) is 7.14. The highest BCUT2D eigenvalue weighted by Crippen LogP contribution is 2.36. The fourth-order valence-corrected chi connectivity index (χ4v) is 6.21. The van der Waals surface area contributed by atoms with Crippen molar-refractivity contribution in [2.24, 2.45) is 0 Å². The number of nitrogens with one attached hydrogen (secondary N) is 2. The maximum Gasteiger partial charge on any atom is 0.261 e. The van der Waals surface area contributed by atoms with Gasteiger partial charge in [0.05, 0.1) is 29.1 Å². The van der Waals surface area contributed by atoms with E-state index in [0.29, 0.717) is 55.0 Å². The summed E-state index contributed by atoms with van der Waals surface area (Å²) in [6.45, 7) is 3.42. The molecular formula is C37H34N4O4. The van der Waals surface area contributed by atoms with Crippen LogP contribution in [0.15, 0.2) is 97.2 Å². The highest BCUT2D eigenvalue weighted by Gasteiger charge is 2.34. The molecule has 0 saturated carbocycles. The number of nitrogens with zero attached hydrogens (tertiary/aromatic N) is 2. The minimum Gasteiger partial charge on any atom is -0.493 e. The van der Waals surface area contributed by atoms with Crippen LogP contribution in [-0.2, 0) is 0 Å². The van der Waals surface area contributed by atoms with E-state index >= 15 is 0 Å². The SMILES string of the molecule is CC1CCN(C(=O)c2ccc(-c3ccc4[nH]ccc4c3)c(OCCCCN3C(=O)c4ccccc4C3=O)c2)c2ccccc2N1. The van der Waals surface area contributed by atoms with Crippen LogP contribution < -0.4 is 15.0 Å². The summed E-state index contributed by atoms with van der Waals surface area (Å²) in [5.41, 5.74) is 6.20. The summed E-state index contributed by atoms with van der Waals surface area (Å²) >= 11 is 0. The molecule has 0 aliphatic carbocycles. The Bertz CT molecular complexity index is 1890. The number of ether oxygens (including phenoxy) is 1. The van der Waals surface area contributed by atoms with Crippen molar-refractivity contribution >= 4 is 40.0 Å². The van der Waals surface area contributed by atoms with Gasteiger partial charge in [-0.15, -0.1) is 0 Å². The molecular weight excluding hydrogens is 564 g/mol. The van der Waals surface area contributed by atoms with E-state index in [1.165, 1.54) is 4.90 Å². The first-order valence-corrected chi connectivity index (χ1v) is 15.4. The third kappa shape index (κ3) is 5.44. The smallest absolute Gasteiger partial charge is 0.261 e. The molecule has 0 spiro atoms. The lowest BCUT2D eigenvalue weighted by atomic mass is 10.0. The van der Waals surface area contributed by atoms with Crippen LogP contribution in [0, 0.1) is 0 Å². The van der Waals surface area contributed by atoms with E-state index in [-0.39, 0.29) is 23.8 Å². The van der Waals surface area contributed by atoms with E-state index in [1.54, 1.807) is 24.3 Å². The number of carbonyl (C=O) groups excluding carboxylic acids is 3. The Morgan fingerprint density at radius 3 is 2.47 bits per heavy atom. The van der Waals surface area contributed by atoms with Gasteiger partial charge in [-0.05, 0) is 97.8 Å². The molecule has 3 heterocycles. The van der Waals surface area contributed by atoms with Gasteiger partial charge in [-0.3, -0.25) is 19.3 Å². The Morgan fingerprint density at radius 1 is 0.867 bits per heavy atom. The van der Waals surface area contributed by atoms with Crippen molar-refractivity contribution in [3.05, 3.63) is 114 Å². The van der Waals surface area contributed by atoms with Crippen LogP contribution in [-0.4, -0.2) is 53.3 Å². The molecule has 4 aromatic carbocycles. The summed E-state index contributed by atoms with van der Waals surface area (Å²) in [6.07, 6.45) is 3.97. The second-order valence-corrected chi connectivity index (χ2v) is 11.7. The summed E-state index contributed by atoms with van der Waals surface area (Å²) in [5, 5.41) is 4.60. The normalized spacial score (nSPS) is 15.9. The van der Waals surface area contributed by atoms with Gasteiger partial charge in [-0.2, -0.15) is 0 Å². The minimum absolute atomic E-state index is 0.0820. The number of aromatic nitrogens is 1. The zero-order valence-electron chi connectivity index (χ0n) is 25.1. The first-order valence-electron chi connectivity index (χ1n) is 15.4. The zero-order valence-corrected chi connectivity index (χ0v) is 25.1. The van der Waals surface area contributed by atoms with Crippen LogP contribution in [0.2, 0.25) is 0 Å². The maximum absolute atomic E-state index is 14.0. The minimum atomic E-state index is -0.246. The molecule has 3 amide bonds. The van der Waals surface area contributed by atoms with Crippen molar-refractivity contribution in [1.29, 1.82) is 0 Å². The second kappa shape index (κ2) is 12.0. The van der Waals surface area contributed by atoms with Gasteiger partial charge in [-0.1, -0.05) is 30.3 Å². The average molecular weight is 599 g/mol. The molecule has 0 bridgehead atoms. The Hall–Kier alpha value is -5.37. The highest BCUT2D eigenvalue weighted by atomic mass is 16.5. The molecule has 8 heteroatoms. The van der Waals surface area contributed by atoms with Gasteiger partial charge in [0, 0.05) is 42.0 Å². The largest absolute Gasteiger partial charge is 0.493 e. The molecule has 7 rings (SSSR count). The van der Waals surface area contributed by atoms with Gasteiger partial charge in [0.25, 0.3) is 17.7 Å². The molecule has 0 saturated heterocycles. The van der Waals surface area contributed by atoms with Crippen molar-refractivity contribution in [2.75, 3.05) is 29.9 Å². The van der Waals surface area contributed by atoms with E-state index in [0.717, 1.165) is 39.8 Å². The number of aromatic amines is 1. The zero-order chi connectivity index (χ0) is 30.9. The number of amides is 3. The molecule has 0 fully saturated rings. The number of anilines is 2. The van der Waals surface area contributed by atoms with Crippen molar-refractivity contribution < 1.29 is 19.1 Å². The topological polar surface area (TPSA) is 94.7 Å². The van der Waals surface area contributed by atoms with Gasteiger partial charge in [0.15, 0.2) is 0 Å². The Kier molecular flexibility index (Phi) is 7.55. The van der Waals surface area contributed by atoms with Gasteiger partial charge >= 0.3 is 0 Å². The summed E-state index contributed by atoms with van der Waals surface area (Å²) in [5.74, 6) is 0.0437. The van der Waals surface area contributed by atoms with Crippen LogP contribution in [0.25, 0.3) is 22.0 Å². The predicted molar refractivity (Wildman–Crippen MR) is 176 cm³/mol. The standard InChI is InChI=1S/C37H34N4O4/c1-24-17-20-40(33-11-5-4-10-32(33)39-24)35(42)27-12-14-28(25-13-15-31-26(22-25)16-18-38-31)34(23-27)45-21-7-6-19-41-36(43)29-8-2-3-9-30(29)37(41)44/h2-5,8-16,18,22-24,38-39H,6-7,17,19-21H2,1H3. The van der Waals surface area contributed by atoms with E-state index in [4.69, 9.17) is 4.74 Å². The molecule has 2 aliphatic heterocycles. The third-order valence-electron chi connectivity index (χ3n) is 8.63. The fraction of sp³-hybridized carbons (Fsp3) is 0.216. The Balaban J connectivity index is 1.11. The summed E-state index contributed by atoms with van der Waals surface area (Å²) in [4.78, 5) is 45.9. The first kappa shape index (κ1) is 28.4. The average Bonchev–Trinajstić information content (AvgIpc) is 3.57. The van der Waals surface area contributed by atoms with Crippen molar-refractivity contribution in [2.45, 2.75) is 32.2 Å². The quantitative estimate of drug-likeness (QED) is 0.146. The van der Waals surface area contributed by atoms with E-state index in [1.807, 2.05) is 71.8 Å². The highest BCUT2D eigenvalue weighted by molar-refractivity contribution is 6.21.